The summed E-state index contributed by atoms with van der Waals surface area (Å²) < 4.78 is 5.19. The van der Waals surface area contributed by atoms with Crippen LogP contribution in [0.25, 0.3) is 10.9 Å². The first-order valence-corrected chi connectivity index (χ1v) is 16.8. The van der Waals surface area contributed by atoms with Crippen LogP contribution in [0.4, 0.5) is 5.69 Å². The molecule has 0 bridgehead atoms. The number of likely N-dealkylation sites (N-methyl/N-ethyl adjacent to an activating group) is 1. The molecule has 1 aliphatic heterocycles. The van der Waals surface area contributed by atoms with E-state index in [1.54, 1.807) is 41.4 Å². The summed E-state index contributed by atoms with van der Waals surface area (Å²) in [5.41, 5.74) is 0.247. The minimum absolute atomic E-state index is 0.000976. The van der Waals surface area contributed by atoms with Gasteiger partial charge < -0.3 is 29.5 Å². The Morgan fingerprint density at radius 2 is 1.63 bits per heavy atom. The van der Waals surface area contributed by atoms with Gasteiger partial charge in [-0.15, -0.1) is 0 Å². The zero-order valence-electron chi connectivity index (χ0n) is 28.3. The van der Waals surface area contributed by atoms with Gasteiger partial charge in [0, 0.05) is 43.1 Å². The maximum Gasteiger partial charge on any atom is 0.341 e. The van der Waals surface area contributed by atoms with Gasteiger partial charge in [-0.3, -0.25) is 19.2 Å². The van der Waals surface area contributed by atoms with E-state index >= 15 is 0 Å². The summed E-state index contributed by atoms with van der Waals surface area (Å²) in [5.74, 6) is -4.47. The molecule has 0 radical (unpaired) electrons. The van der Waals surface area contributed by atoms with Crippen molar-refractivity contribution in [2.75, 3.05) is 18.6 Å². The number of aromatic nitrogens is 1. The summed E-state index contributed by atoms with van der Waals surface area (Å²) in [6.07, 6.45) is 0.830. The number of benzene rings is 3. The quantitative estimate of drug-likeness (QED) is 0.153. The molecule has 1 aliphatic rings. The number of anilines is 1. The molecule has 12 nitrogen and oxygen atoms in total. The summed E-state index contributed by atoms with van der Waals surface area (Å²) in [6, 6.07) is 18.2. The van der Waals surface area contributed by atoms with Gasteiger partial charge >= 0.3 is 11.9 Å². The molecule has 1 unspecified atom stereocenters. The van der Waals surface area contributed by atoms with Crippen molar-refractivity contribution >= 4 is 75.0 Å². The lowest BCUT2D eigenvalue weighted by molar-refractivity contribution is -0.161. The zero-order chi connectivity index (χ0) is 37.0. The van der Waals surface area contributed by atoms with Crippen LogP contribution in [0.15, 0.2) is 84.1 Å². The smallest absolute Gasteiger partial charge is 0.341 e. The number of halogens is 2. The van der Waals surface area contributed by atoms with Crippen molar-refractivity contribution in [1.29, 1.82) is 0 Å². The molecule has 0 saturated carbocycles. The summed E-state index contributed by atoms with van der Waals surface area (Å²) in [7, 11) is 1.28. The molecule has 1 aromatic heterocycles. The van der Waals surface area contributed by atoms with E-state index in [9.17, 15) is 29.1 Å². The Hall–Kier alpha value is -5.20. The van der Waals surface area contributed by atoms with Gasteiger partial charge in [0.25, 0.3) is 5.91 Å². The molecule has 5 rings (SSSR count). The third-order valence-corrected chi connectivity index (χ3v) is 9.42. The number of ether oxygens (including phenoxy) is 1. The molecule has 4 aromatic rings. The highest BCUT2D eigenvalue weighted by Gasteiger charge is 2.53. The Balaban J connectivity index is 1.47. The fourth-order valence-electron chi connectivity index (χ4n) is 6.37. The largest absolute Gasteiger partial charge is 0.481 e. The molecular weight excluding hydrogens is 699 g/mol. The van der Waals surface area contributed by atoms with Crippen molar-refractivity contribution in [3.63, 3.8) is 0 Å². The topological polar surface area (TPSA) is 159 Å². The summed E-state index contributed by atoms with van der Waals surface area (Å²) in [4.78, 5) is 78.2. The van der Waals surface area contributed by atoms with Crippen molar-refractivity contribution in [3.05, 3.63) is 100 Å². The SMILES string of the molecule is CC(=O)N(c1c[nH]c2ccccc12)[C@H](C1=NOC(C(=O)N(C)[C@@H](CC(=O)O)C(=O)COC(=O)c2c(Cl)cccc2Cl)(c2ccccc2)C1)C(C)C. The molecule has 266 valence electrons. The molecular formula is C37H36Cl2N4O8. The van der Waals surface area contributed by atoms with E-state index in [1.807, 2.05) is 38.1 Å². The number of para-hydroxylation sites is 1. The first-order chi connectivity index (χ1) is 24.3. The second kappa shape index (κ2) is 15.4. The van der Waals surface area contributed by atoms with Gasteiger partial charge in [0.15, 0.2) is 12.4 Å². The molecule has 51 heavy (non-hydrogen) atoms. The highest BCUT2D eigenvalue weighted by Crippen LogP contribution is 2.41. The average Bonchev–Trinajstić information content (AvgIpc) is 3.73. The number of aromatic amines is 1. The van der Waals surface area contributed by atoms with Crippen LogP contribution in [0.3, 0.4) is 0 Å². The fraction of sp³-hybridized carbons (Fsp3) is 0.297. The van der Waals surface area contributed by atoms with Crippen molar-refractivity contribution < 1.29 is 38.7 Å². The average molecular weight is 736 g/mol. The number of rotatable bonds is 13. The Morgan fingerprint density at radius 1 is 0.980 bits per heavy atom. The summed E-state index contributed by atoms with van der Waals surface area (Å²) in [6.45, 7) is 4.43. The highest BCUT2D eigenvalue weighted by molar-refractivity contribution is 6.39. The molecule has 14 heteroatoms. The Bertz CT molecular complexity index is 1990. The van der Waals surface area contributed by atoms with E-state index in [0.29, 0.717) is 17.0 Å². The second-order valence-electron chi connectivity index (χ2n) is 12.5. The van der Waals surface area contributed by atoms with Crippen molar-refractivity contribution in [3.8, 4) is 0 Å². The van der Waals surface area contributed by atoms with E-state index in [2.05, 4.69) is 10.1 Å². The van der Waals surface area contributed by atoms with Crippen LogP contribution in [-0.4, -0.2) is 76.0 Å². The first kappa shape index (κ1) is 37.1. The molecule has 0 saturated heterocycles. The third-order valence-electron chi connectivity index (χ3n) is 8.79. The molecule has 2 heterocycles. The monoisotopic (exact) mass is 734 g/mol. The van der Waals surface area contributed by atoms with E-state index < -0.39 is 54.3 Å². The number of nitrogens with one attached hydrogen (secondary N) is 1. The van der Waals surface area contributed by atoms with Gasteiger partial charge in [-0.05, 0) is 24.1 Å². The first-order valence-electron chi connectivity index (χ1n) is 16.1. The van der Waals surface area contributed by atoms with Gasteiger partial charge in [0.2, 0.25) is 11.5 Å². The predicted octanol–water partition coefficient (Wildman–Crippen LogP) is 6.25. The molecule has 3 aromatic carbocycles. The number of carboxylic acid groups (broad SMARTS) is 1. The lowest BCUT2D eigenvalue weighted by Crippen LogP contribution is -2.54. The Labute approximate surface area is 303 Å². The van der Waals surface area contributed by atoms with Gasteiger partial charge in [0.1, 0.15) is 6.04 Å². The molecule has 0 fully saturated rings. The van der Waals surface area contributed by atoms with Crippen LogP contribution in [0.5, 0.6) is 0 Å². The molecule has 2 N–H and O–H groups in total. The predicted molar refractivity (Wildman–Crippen MR) is 192 cm³/mol. The Morgan fingerprint density at radius 3 is 2.25 bits per heavy atom. The van der Waals surface area contributed by atoms with Gasteiger partial charge in [-0.1, -0.05) is 96.8 Å². The Kier molecular flexibility index (Phi) is 11.2. The number of carboxylic acids is 1. The lowest BCUT2D eigenvalue weighted by Gasteiger charge is -2.36. The number of Topliss-reactive ketones (excluding diaryl/α,β-unsaturated/α-hetero) is 1. The number of oxime groups is 1. The number of aliphatic carboxylic acids is 1. The lowest BCUT2D eigenvalue weighted by atomic mass is 9.83. The molecule has 3 atom stereocenters. The van der Waals surface area contributed by atoms with E-state index in [4.69, 9.17) is 32.8 Å². The maximum atomic E-state index is 14.6. The number of hydrogen-bond donors (Lipinski definition) is 2. The summed E-state index contributed by atoms with van der Waals surface area (Å²) >= 11 is 12.2. The fourth-order valence-corrected chi connectivity index (χ4v) is 6.93. The van der Waals surface area contributed by atoms with Crippen LogP contribution in [-0.2, 0) is 34.4 Å². The highest BCUT2D eigenvalue weighted by atomic mass is 35.5. The number of nitrogens with zero attached hydrogens (tertiary/aromatic N) is 3. The molecule has 2 amide bonds. The van der Waals surface area contributed by atoms with Crippen molar-refractivity contribution in [2.45, 2.75) is 51.3 Å². The van der Waals surface area contributed by atoms with Crippen LogP contribution in [0, 0.1) is 5.92 Å². The number of fused-ring (bicyclic) bond motifs is 1. The number of H-pyrrole nitrogens is 1. The standard InChI is InChI=1S/C37H36Cl2N4O8/c1-21(2)34(43(22(3)44)30-19-40-27-16-9-8-13-24(27)30)28-18-37(51-41-28,23-11-6-5-7-12-23)36(49)42(4)29(17-32(46)47)31(45)20-50-35(48)33-25(38)14-10-15-26(33)39/h5-16,19,21,29,34,40H,17-18,20H2,1-4H3,(H,46,47)/t29-,34-,37?/m0/s1. The van der Waals surface area contributed by atoms with Gasteiger partial charge in [0.05, 0.1) is 39.5 Å². The van der Waals surface area contributed by atoms with Crippen molar-refractivity contribution in [2.24, 2.45) is 11.1 Å². The van der Waals surface area contributed by atoms with E-state index in [0.717, 1.165) is 15.8 Å². The number of hydrogen-bond acceptors (Lipinski definition) is 8. The van der Waals surface area contributed by atoms with Crippen LogP contribution < -0.4 is 4.90 Å². The number of carbonyl (C=O) groups excluding carboxylic acids is 4. The third kappa shape index (κ3) is 7.47. The van der Waals surface area contributed by atoms with Gasteiger partial charge in [-0.2, -0.15) is 0 Å². The number of amides is 2. The molecule has 0 aliphatic carbocycles. The zero-order valence-corrected chi connectivity index (χ0v) is 29.8. The number of ketones is 1. The second-order valence-corrected chi connectivity index (χ2v) is 13.3. The summed E-state index contributed by atoms with van der Waals surface area (Å²) in [5, 5.41) is 15.0. The van der Waals surface area contributed by atoms with Crippen molar-refractivity contribution in [1.82, 2.24) is 9.88 Å². The minimum atomic E-state index is -1.83. The van der Waals surface area contributed by atoms with Crippen LogP contribution in [0.1, 0.15) is 49.5 Å². The van der Waals surface area contributed by atoms with Gasteiger partial charge in [-0.25, -0.2) is 4.79 Å². The van der Waals surface area contributed by atoms with Crippen LogP contribution in [0.2, 0.25) is 10.0 Å². The number of carbonyl (C=O) groups is 5. The van der Waals surface area contributed by atoms with E-state index in [-0.39, 0.29) is 33.9 Å². The van der Waals surface area contributed by atoms with Crippen LogP contribution >= 0.6 is 23.2 Å². The molecule has 0 spiro atoms. The maximum absolute atomic E-state index is 14.6. The van der Waals surface area contributed by atoms with E-state index in [1.165, 1.54) is 32.2 Å². The minimum Gasteiger partial charge on any atom is -0.481 e. The normalized spacial score (nSPS) is 16.6. The number of esters is 1.